The monoisotopic (exact) mass is 445 g/mol. The van der Waals surface area contributed by atoms with Crippen molar-refractivity contribution in [1.29, 1.82) is 0 Å². The number of hydrogen-bond acceptors (Lipinski definition) is 3. The molecule has 4 rings (SSSR count). The molecule has 6 heteroatoms. The molecule has 0 saturated carbocycles. The summed E-state index contributed by atoms with van der Waals surface area (Å²) >= 11 is 0. The minimum absolute atomic E-state index is 0. The van der Waals surface area contributed by atoms with Crippen LogP contribution in [0, 0.1) is 12.8 Å². The first-order chi connectivity index (χ1) is 13.5. The lowest BCUT2D eigenvalue weighted by atomic mass is 9.90. The van der Waals surface area contributed by atoms with E-state index in [1.807, 2.05) is 35.2 Å². The van der Waals surface area contributed by atoms with Crippen LogP contribution in [0.25, 0.3) is 22.2 Å². The molecule has 1 aromatic heterocycles. The summed E-state index contributed by atoms with van der Waals surface area (Å²) in [5, 5.41) is 0.915. The molecular formula is C24H29Cl2N3O. The Morgan fingerprint density at radius 1 is 1.07 bits per heavy atom. The van der Waals surface area contributed by atoms with E-state index in [4.69, 9.17) is 10.7 Å². The summed E-state index contributed by atoms with van der Waals surface area (Å²) in [5.41, 5.74) is 10.7. The third-order valence-corrected chi connectivity index (χ3v) is 5.86. The number of piperidine rings is 1. The van der Waals surface area contributed by atoms with Gasteiger partial charge in [-0.1, -0.05) is 48.0 Å². The van der Waals surface area contributed by atoms with Crippen LogP contribution in [0.3, 0.4) is 0 Å². The summed E-state index contributed by atoms with van der Waals surface area (Å²) in [5.74, 6) is 0.594. The van der Waals surface area contributed by atoms with Gasteiger partial charge in [0.05, 0.1) is 16.8 Å². The number of carbonyl (C=O) groups excluding carboxylic acids is 1. The van der Waals surface area contributed by atoms with Crippen LogP contribution >= 0.6 is 24.8 Å². The highest BCUT2D eigenvalue weighted by molar-refractivity contribution is 6.07. The maximum Gasteiger partial charge on any atom is 0.254 e. The van der Waals surface area contributed by atoms with E-state index in [1.165, 1.54) is 5.56 Å². The smallest absolute Gasteiger partial charge is 0.254 e. The molecule has 2 N–H and O–H groups in total. The molecule has 0 radical (unpaired) electrons. The van der Waals surface area contributed by atoms with Crippen molar-refractivity contribution in [2.75, 3.05) is 13.1 Å². The maximum absolute atomic E-state index is 13.4. The van der Waals surface area contributed by atoms with Gasteiger partial charge in [-0.2, -0.15) is 0 Å². The van der Waals surface area contributed by atoms with Gasteiger partial charge in [0, 0.05) is 30.1 Å². The number of nitrogens with zero attached hydrogens (tertiary/aromatic N) is 2. The van der Waals surface area contributed by atoms with Crippen molar-refractivity contribution < 1.29 is 4.79 Å². The van der Waals surface area contributed by atoms with Gasteiger partial charge in [-0.05, 0) is 44.7 Å². The number of para-hydroxylation sites is 1. The van der Waals surface area contributed by atoms with Gasteiger partial charge >= 0.3 is 0 Å². The molecule has 1 fully saturated rings. The van der Waals surface area contributed by atoms with Crippen molar-refractivity contribution in [2.24, 2.45) is 11.7 Å². The van der Waals surface area contributed by atoms with Crippen LogP contribution < -0.4 is 5.73 Å². The Morgan fingerprint density at radius 3 is 2.33 bits per heavy atom. The van der Waals surface area contributed by atoms with Gasteiger partial charge in [0.2, 0.25) is 0 Å². The zero-order chi connectivity index (χ0) is 19.7. The van der Waals surface area contributed by atoms with E-state index in [-0.39, 0.29) is 36.8 Å². The lowest BCUT2D eigenvalue weighted by Gasteiger charge is -2.34. The summed E-state index contributed by atoms with van der Waals surface area (Å²) in [6, 6.07) is 18.3. The SMILES string of the molecule is Cc1ccc(-c2cc(C(=O)N3CCC(C(C)N)CC3)c3ccccc3n2)cc1.Cl.Cl. The summed E-state index contributed by atoms with van der Waals surface area (Å²) in [6.07, 6.45) is 1.94. The summed E-state index contributed by atoms with van der Waals surface area (Å²) in [6.45, 7) is 5.66. The Balaban J connectivity index is 0.00000160. The molecule has 1 amide bonds. The van der Waals surface area contributed by atoms with Crippen molar-refractivity contribution in [2.45, 2.75) is 32.7 Å². The van der Waals surface area contributed by atoms with Crippen LogP contribution in [-0.2, 0) is 0 Å². The van der Waals surface area contributed by atoms with Gasteiger partial charge in [0.15, 0.2) is 0 Å². The lowest BCUT2D eigenvalue weighted by molar-refractivity contribution is 0.0683. The third kappa shape index (κ3) is 4.94. The molecule has 3 aromatic rings. The highest BCUT2D eigenvalue weighted by atomic mass is 35.5. The van der Waals surface area contributed by atoms with Crippen LogP contribution in [-0.4, -0.2) is 34.9 Å². The fourth-order valence-corrected chi connectivity index (χ4v) is 4.02. The van der Waals surface area contributed by atoms with E-state index < -0.39 is 0 Å². The summed E-state index contributed by atoms with van der Waals surface area (Å²) in [4.78, 5) is 20.2. The van der Waals surface area contributed by atoms with Crippen LogP contribution in [0.4, 0.5) is 0 Å². The van der Waals surface area contributed by atoms with Crippen molar-refractivity contribution in [3.8, 4) is 11.3 Å². The van der Waals surface area contributed by atoms with Crippen molar-refractivity contribution in [1.82, 2.24) is 9.88 Å². The highest BCUT2D eigenvalue weighted by Crippen LogP contribution is 2.28. The molecule has 2 aromatic carbocycles. The molecule has 1 saturated heterocycles. The number of pyridine rings is 1. The number of nitrogens with two attached hydrogens (primary N) is 1. The van der Waals surface area contributed by atoms with Crippen molar-refractivity contribution in [3.05, 3.63) is 65.7 Å². The number of aryl methyl sites for hydroxylation is 1. The van der Waals surface area contributed by atoms with Gasteiger partial charge in [0.25, 0.3) is 5.91 Å². The van der Waals surface area contributed by atoms with E-state index in [0.717, 1.165) is 53.7 Å². The first-order valence-electron chi connectivity index (χ1n) is 10.0. The highest BCUT2D eigenvalue weighted by Gasteiger charge is 2.26. The molecule has 1 aliphatic heterocycles. The van der Waals surface area contributed by atoms with E-state index in [9.17, 15) is 4.79 Å². The summed E-state index contributed by atoms with van der Waals surface area (Å²) < 4.78 is 0. The zero-order valence-corrected chi connectivity index (χ0v) is 19.0. The van der Waals surface area contributed by atoms with E-state index in [0.29, 0.717) is 5.92 Å². The maximum atomic E-state index is 13.4. The fourth-order valence-electron chi connectivity index (χ4n) is 4.02. The van der Waals surface area contributed by atoms with Gasteiger partial charge in [-0.3, -0.25) is 4.79 Å². The average Bonchev–Trinajstić information content (AvgIpc) is 2.73. The second-order valence-electron chi connectivity index (χ2n) is 7.93. The van der Waals surface area contributed by atoms with E-state index in [1.54, 1.807) is 0 Å². The fraction of sp³-hybridized carbons (Fsp3) is 0.333. The zero-order valence-electron chi connectivity index (χ0n) is 17.4. The minimum Gasteiger partial charge on any atom is -0.339 e. The Bertz CT molecular complexity index is 997. The van der Waals surface area contributed by atoms with Crippen LogP contribution in [0.5, 0.6) is 0 Å². The Labute approximate surface area is 190 Å². The lowest BCUT2D eigenvalue weighted by Crippen LogP contribution is -2.42. The molecule has 0 spiro atoms. The number of likely N-dealkylation sites (tertiary alicyclic amines) is 1. The second-order valence-corrected chi connectivity index (χ2v) is 7.93. The Kier molecular flexibility index (Phi) is 8.25. The number of hydrogen-bond donors (Lipinski definition) is 1. The molecule has 2 heterocycles. The number of amides is 1. The number of aromatic nitrogens is 1. The molecule has 1 atom stereocenters. The first-order valence-corrected chi connectivity index (χ1v) is 10.0. The van der Waals surface area contributed by atoms with E-state index in [2.05, 4.69) is 38.1 Å². The first kappa shape index (κ1) is 24.1. The summed E-state index contributed by atoms with van der Waals surface area (Å²) in [7, 11) is 0. The average molecular weight is 446 g/mol. The van der Waals surface area contributed by atoms with Gasteiger partial charge in [-0.25, -0.2) is 4.98 Å². The molecule has 160 valence electrons. The number of fused-ring (bicyclic) bond motifs is 1. The Morgan fingerprint density at radius 2 is 1.70 bits per heavy atom. The van der Waals surface area contributed by atoms with Crippen molar-refractivity contribution >= 4 is 41.6 Å². The van der Waals surface area contributed by atoms with Crippen LogP contribution in [0.1, 0.15) is 35.7 Å². The van der Waals surface area contributed by atoms with E-state index >= 15 is 0 Å². The van der Waals surface area contributed by atoms with Crippen molar-refractivity contribution in [3.63, 3.8) is 0 Å². The molecule has 30 heavy (non-hydrogen) atoms. The normalized spacial score (nSPS) is 15.2. The molecule has 1 unspecified atom stereocenters. The molecule has 0 bridgehead atoms. The van der Waals surface area contributed by atoms with Gasteiger partial charge in [0.1, 0.15) is 0 Å². The predicted octanol–water partition coefficient (Wildman–Crippen LogP) is 5.25. The Hall–Kier alpha value is -2.14. The molecular weight excluding hydrogens is 417 g/mol. The molecule has 4 nitrogen and oxygen atoms in total. The third-order valence-electron chi connectivity index (χ3n) is 5.86. The number of halogens is 2. The largest absolute Gasteiger partial charge is 0.339 e. The number of carbonyl (C=O) groups is 1. The van der Waals surface area contributed by atoms with Crippen LogP contribution in [0.15, 0.2) is 54.6 Å². The molecule has 1 aliphatic rings. The van der Waals surface area contributed by atoms with Gasteiger partial charge in [-0.15, -0.1) is 24.8 Å². The van der Waals surface area contributed by atoms with Gasteiger partial charge < -0.3 is 10.6 Å². The topological polar surface area (TPSA) is 59.2 Å². The quantitative estimate of drug-likeness (QED) is 0.598. The number of benzene rings is 2. The number of rotatable bonds is 3. The minimum atomic E-state index is 0. The molecule has 0 aliphatic carbocycles. The second kappa shape index (κ2) is 10.3. The van der Waals surface area contributed by atoms with Crippen LogP contribution in [0.2, 0.25) is 0 Å². The predicted molar refractivity (Wildman–Crippen MR) is 129 cm³/mol. The standard InChI is InChI=1S/C24H27N3O.2ClH/c1-16-7-9-19(10-8-16)23-15-21(20-5-3-4-6-22(20)26-23)24(28)27-13-11-18(12-14-27)17(2)25;;/h3-10,15,17-18H,11-14,25H2,1-2H3;2*1H.